The van der Waals surface area contributed by atoms with Gasteiger partial charge in [-0.15, -0.1) is 0 Å². The van der Waals surface area contributed by atoms with Gasteiger partial charge in [0, 0.05) is 5.02 Å². The van der Waals surface area contributed by atoms with E-state index in [1.54, 1.807) is 42.5 Å². The third-order valence-electron chi connectivity index (χ3n) is 5.49. The lowest BCUT2D eigenvalue weighted by molar-refractivity contribution is -0.120. The number of benzene rings is 3. The molecule has 0 radical (unpaired) electrons. The number of hydrogen-bond acceptors (Lipinski definition) is 6. The van der Waals surface area contributed by atoms with E-state index in [9.17, 15) is 13.2 Å². The van der Waals surface area contributed by atoms with E-state index in [1.165, 1.54) is 19.2 Å². The monoisotopic (exact) mass is 516 g/mol. The third-order valence-corrected chi connectivity index (χ3v) is 7.53. The largest absolute Gasteiger partial charge is 0.497 e. The molecule has 1 amide bonds. The molecule has 3 aromatic carbocycles. The molecule has 0 aromatic heterocycles. The minimum Gasteiger partial charge on any atom is -0.497 e. The minimum absolute atomic E-state index is 0.0286. The Kier molecular flexibility index (Phi) is 7.37. The van der Waals surface area contributed by atoms with E-state index < -0.39 is 28.5 Å². The Morgan fingerprint density at radius 1 is 1.03 bits per heavy atom. The van der Waals surface area contributed by atoms with Crippen molar-refractivity contribution in [3.8, 4) is 17.2 Å². The third kappa shape index (κ3) is 5.63. The first-order valence-corrected chi connectivity index (χ1v) is 12.7. The highest BCUT2D eigenvalue weighted by Crippen LogP contribution is 2.33. The van der Waals surface area contributed by atoms with Crippen LogP contribution in [0.5, 0.6) is 17.2 Å². The molecule has 0 saturated carbocycles. The van der Waals surface area contributed by atoms with Crippen molar-refractivity contribution in [3.63, 3.8) is 0 Å². The lowest BCUT2D eigenvalue weighted by Gasteiger charge is -2.25. The fourth-order valence-corrected chi connectivity index (χ4v) is 5.17. The van der Waals surface area contributed by atoms with E-state index in [0.717, 1.165) is 9.87 Å². The first-order valence-electron chi connectivity index (χ1n) is 10.9. The van der Waals surface area contributed by atoms with Crippen molar-refractivity contribution in [1.82, 2.24) is 5.32 Å². The number of sulfonamides is 1. The molecule has 1 atom stereocenters. The molecule has 0 aliphatic carbocycles. The number of nitrogens with one attached hydrogen (secondary N) is 1. The highest BCUT2D eigenvalue weighted by molar-refractivity contribution is 7.92. The zero-order valence-corrected chi connectivity index (χ0v) is 20.8. The van der Waals surface area contributed by atoms with Crippen molar-refractivity contribution in [2.75, 3.05) is 31.2 Å². The summed E-state index contributed by atoms with van der Waals surface area (Å²) >= 11 is 5.99. The lowest BCUT2D eigenvalue weighted by Crippen LogP contribution is -2.41. The van der Waals surface area contributed by atoms with Gasteiger partial charge in [-0.25, -0.2) is 8.42 Å². The molecule has 184 valence electrons. The SMILES string of the molecule is COc1ccc(S(=O)(=O)N(CC(=O)N[C@@H](C)c2ccc3c(c2)OCCO3)c2ccc(Cl)cc2)cc1. The van der Waals surface area contributed by atoms with Crippen LogP contribution < -0.4 is 23.8 Å². The van der Waals surface area contributed by atoms with E-state index in [0.29, 0.717) is 41.2 Å². The van der Waals surface area contributed by atoms with E-state index in [-0.39, 0.29) is 4.90 Å². The molecule has 1 aliphatic rings. The molecular formula is C25H25ClN2O6S. The second-order valence-electron chi connectivity index (χ2n) is 7.86. The standard InChI is InChI=1S/C25H25ClN2O6S/c1-17(18-3-12-23-24(15-18)34-14-13-33-23)27-25(29)16-28(20-6-4-19(26)5-7-20)35(30,31)22-10-8-21(32-2)9-11-22/h3-12,15,17H,13-14,16H2,1-2H3,(H,27,29)/t17-/m0/s1. The number of methoxy groups -OCH3 is 1. The summed E-state index contributed by atoms with van der Waals surface area (Å²) in [6.07, 6.45) is 0. The number of ether oxygens (including phenoxy) is 3. The summed E-state index contributed by atoms with van der Waals surface area (Å²) in [5, 5.41) is 3.32. The first kappa shape index (κ1) is 24.7. The summed E-state index contributed by atoms with van der Waals surface area (Å²) in [5.41, 5.74) is 1.12. The van der Waals surface area contributed by atoms with E-state index in [4.69, 9.17) is 25.8 Å². The highest BCUT2D eigenvalue weighted by Gasteiger charge is 2.28. The smallest absolute Gasteiger partial charge is 0.264 e. The van der Waals surface area contributed by atoms with Gasteiger partial charge in [0.05, 0.1) is 23.7 Å². The lowest BCUT2D eigenvalue weighted by atomic mass is 10.1. The van der Waals surface area contributed by atoms with Gasteiger partial charge in [-0.2, -0.15) is 0 Å². The maximum absolute atomic E-state index is 13.5. The summed E-state index contributed by atoms with van der Waals surface area (Å²) in [7, 11) is -2.57. The van der Waals surface area contributed by atoms with Crippen LogP contribution in [0.2, 0.25) is 5.02 Å². The molecule has 10 heteroatoms. The second-order valence-corrected chi connectivity index (χ2v) is 10.2. The van der Waals surface area contributed by atoms with Crippen molar-refractivity contribution in [1.29, 1.82) is 0 Å². The Balaban J connectivity index is 1.56. The van der Waals surface area contributed by atoms with Crippen molar-refractivity contribution in [2.45, 2.75) is 17.9 Å². The van der Waals surface area contributed by atoms with Gasteiger partial charge >= 0.3 is 0 Å². The molecule has 1 aliphatic heterocycles. The number of carbonyl (C=O) groups excluding carboxylic acids is 1. The van der Waals surface area contributed by atoms with Crippen LogP contribution in [0.3, 0.4) is 0 Å². The molecule has 4 rings (SSSR count). The van der Waals surface area contributed by atoms with Crippen LogP contribution in [0.4, 0.5) is 5.69 Å². The number of halogens is 1. The summed E-state index contributed by atoms with van der Waals surface area (Å²) in [5.74, 6) is 1.31. The maximum atomic E-state index is 13.5. The van der Waals surface area contributed by atoms with Crippen LogP contribution in [0.15, 0.2) is 71.6 Å². The van der Waals surface area contributed by atoms with Crippen molar-refractivity contribution >= 4 is 33.2 Å². The van der Waals surface area contributed by atoms with Crippen LogP contribution in [0.25, 0.3) is 0 Å². The van der Waals surface area contributed by atoms with Crippen molar-refractivity contribution < 1.29 is 27.4 Å². The molecule has 3 aromatic rings. The number of anilines is 1. The molecule has 0 unspecified atom stereocenters. The second kappa shape index (κ2) is 10.5. The molecule has 8 nitrogen and oxygen atoms in total. The minimum atomic E-state index is -4.06. The molecule has 1 N–H and O–H groups in total. The molecule has 1 heterocycles. The average molecular weight is 517 g/mol. The van der Waals surface area contributed by atoms with Gasteiger partial charge in [-0.1, -0.05) is 17.7 Å². The van der Waals surface area contributed by atoms with Crippen LogP contribution in [0.1, 0.15) is 18.5 Å². The van der Waals surface area contributed by atoms with Crippen LogP contribution >= 0.6 is 11.6 Å². The molecular weight excluding hydrogens is 492 g/mol. The van der Waals surface area contributed by atoms with Crippen molar-refractivity contribution in [2.24, 2.45) is 0 Å². The van der Waals surface area contributed by atoms with Gasteiger partial charge in [0.15, 0.2) is 11.5 Å². The van der Waals surface area contributed by atoms with Crippen molar-refractivity contribution in [3.05, 3.63) is 77.3 Å². The van der Waals surface area contributed by atoms with Gasteiger partial charge in [0.2, 0.25) is 5.91 Å². The van der Waals surface area contributed by atoms with Crippen LogP contribution in [-0.4, -0.2) is 41.2 Å². The number of amides is 1. The fourth-order valence-electron chi connectivity index (χ4n) is 3.63. The summed E-state index contributed by atoms with van der Waals surface area (Å²) in [6.45, 7) is 2.33. The first-order chi connectivity index (χ1) is 16.8. The zero-order chi connectivity index (χ0) is 25.0. The quantitative estimate of drug-likeness (QED) is 0.482. The number of fused-ring (bicyclic) bond motifs is 1. The molecule has 0 bridgehead atoms. The normalized spacial score (nSPS) is 13.6. The number of rotatable bonds is 8. The van der Waals surface area contributed by atoms with Crippen LogP contribution in [0, 0.1) is 0 Å². The average Bonchev–Trinajstić information content (AvgIpc) is 2.87. The Bertz CT molecular complexity index is 1300. The topological polar surface area (TPSA) is 94.2 Å². The van der Waals surface area contributed by atoms with E-state index in [1.807, 2.05) is 19.1 Å². The predicted octanol–water partition coefficient (Wildman–Crippen LogP) is 4.19. The summed E-state index contributed by atoms with van der Waals surface area (Å²) in [6, 6.07) is 17.3. The zero-order valence-electron chi connectivity index (χ0n) is 19.2. The molecule has 0 saturated heterocycles. The number of hydrogen-bond donors (Lipinski definition) is 1. The van der Waals surface area contributed by atoms with Crippen LogP contribution in [-0.2, 0) is 14.8 Å². The number of nitrogens with zero attached hydrogens (tertiary/aromatic N) is 1. The Labute approximate surface area is 209 Å². The molecule has 0 fully saturated rings. The molecule has 35 heavy (non-hydrogen) atoms. The van der Waals surface area contributed by atoms with E-state index in [2.05, 4.69) is 5.32 Å². The van der Waals surface area contributed by atoms with Gasteiger partial charge < -0.3 is 19.5 Å². The predicted molar refractivity (Wildman–Crippen MR) is 133 cm³/mol. The Morgan fingerprint density at radius 3 is 2.34 bits per heavy atom. The van der Waals surface area contributed by atoms with Gasteiger partial charge in [-0.3, -0.25) is 9.10 Å². The maximum Gasteiger partial charge on any atom is 0.264 e. The highest BCUT2D eigenvalue weighted by atomic mass is 35.5. The van der Waals surface area contributed by atoms with E-state index >= 15 is 0 Å². The number of carbonyl (C=O) groups is 1. The summed E-state index contributed by atoms with van der Waals surface area (Å²) < 4.78 is 44.4. The Morgan fingerprint density at radius 2 is 1.69 bits per heavy atom. The van der Waals surface area contributed by atoms with Gasteiger partial charge in [0.25, 0.3) is 10.0 Å². The Hall–Kier alpha value is -3.43. The van der Waals surface area contributed by atoms with Gasteiger partial charge in [-0.05, 0) is 73.2 Å². The summed E-state index contributed by atoms with van der Waals surface area (Å²) in [4.78, 5) is 13.1. The fraction of sp³-hybridized carbons (Fsp3) is 0.240. The van der Waals surface area contributed by atoms with Gasteiger partial charge in [0.1, 0.15) is 25.5 Å². The molecule has 0 spiro atoms.